The largest absolute Gasteiger partial charge is 0.444 e. The smallest absolute Gasteiger partial charge is 0.208 e. The molecule has 0 fully saturated rings. The predicted molar refractivity (Wildman–Crippen MR) is 57.0 cm³/mol. The van der Waals surface area contributed by atoms with Crippen LogP contribution in [0.4, 0.5) is 0 Å². The molecule has 0 amide bonds. The van der Waals surface area contributed by atoms with Crippen LogP contribution in [0.3, 0.4) is 0 Å². The highest BCUT2D eigenvalue weighted by Crippen LogP contribution is 2.09. The summed E-state index contributed by atoms with van der Waals surface area (Å²) in [7, 11) is 0. The van der Waals surface area contributed by atoms with Crippen molar-refractivity contribution in [3.05, 3.63) is 17.8 Å². The number of nitrogens with one attached hydrogen (secondary N) is 1. The maximum atomic E-state index is 5.57. The average Bonchev–Trinajstić information content (AvgIpc) is 2.52. The monoisotopic (exact) mass is 196 g/mol. The van der Waals surface area contributed by atoms with Crippen molar-refractivity contribution in [1.82, 2.24) is 10.3 Å². The Hall–Kier alpha value is -0.830. The molecular formula is C11H20N2O. The Morgan fingerprint density at radius 2 is 2.29 bits per heavy atom. The molecule has 0 aliphatic carbocycles. The number of nitrogens with zero attached hydrogens (tertiary/aromatic N) is 1. The average molecular weight is 196 g/mol. The molecule has 0 aliphatic rings. The molecular weight excluding hydrogens is 176 g/mol. The van der Waals surface area contributed by atoms with Crippen LogP contribution in [0.15, 0.2) is 10.6 Å². The first-order valence-electron chi connectivity index (χ1n) is 5.36. The van der Waals surface area contributed by atoms with Gasteiger partial charge in [0.15, 0.2) is 0 Å². The van der Waals surface area contributed by atoms with Gasteiger partial charge in [0, 0.05) is 6.42 Å². The van der Waals surface area contributed by atoms with E-state index >= 15 is 0 Å². The molecule has 3 heteroatoms. The zero-order chi connectivity index (χ0) is 10.4. The first-order valence-corrected chi connectivity index (χ1v) is 5.36. The zero-order valence-electron chi connectivity index (χ0n) is 9.34. The van der Waals surface area contributed by atoms with Gasteiger partial charge in [0.1, 0.15) is 5.76 Å². The van der Waals surface area contributed by atoms with E-state index in [1.54, 1.807) is 0 Å². The van der Waals surface area contributed by atoms with Gasteiger partial charge in [-0.3, -0.25) is 0 Å². The third-order valence-electron chi connectivity index (χ3n) is 1.91. The van der Waals surface area contributed by atoms with Crippen molar-refractivity contribution in [3.63, 3.8) is 0 Å². The second-order valence-electron chi connectivity index (χ2n) is 4.00. The van der Waals surface area contributed by atoms with Gasteiger partial charge < -0.3 is 9.73 Å². The summed E-state index contributed by atoms with van der Waals surface area (Å²) in [6, 6.07) is 0. The number of rotatable bonds is 6. The lowest BCUT2D eigenvalue weighted by Crippen LogP contribution is -2.13. The molecule has 3 nitrogen and oxygen atoms in total. The molecule has 0 aromatic carbocycles. The number of hydrogen-bond donors (Lipinski definition) is 1. The molecule has 0 atom stereocenters. The molecule has 1 aromatic heterocycles. The van der Waals surface area contributed by atoms with Gasteiger partial charge >= 0.3 is 0 Å². The van der Waals surface area contributed by atoms with E-state index in [2.05, 4.69) is 31.1 Å². The number of oxazole rings is 1. The summed E-state index contributed by atoms with van der Waals surface area (Å²) >= 11 is 0. The fourth-order valence-electron chi connectivity index (χ4n) is 1.30. The van der Waals surface area contributed by atoms with Gasteiger partial charge in [0.25, 0.3) is 0 Å². The van der Waals surface area contributed by atoms with Gasteiger partial charge in [0.2, 0.25) is 5.89 Å². The summed E-state index contributed by atoms with van der Waals surface area (Å²) in [5.74, 6) is 2.42. The van der Waals surface area contributed by atoms with Gasteiger partial charge in [0.05, 0.1) is 12.7 Å². The van der Waals surface area contributed by atoms with E-state index < -0.39 is 0 Å². The van der Waals surface area contributed by atoms with Crippen LogP contribution in [0.25, 0.3) is 0 Å². The maximum absolute atomic E-state index is 5.57. The van der Waals surface area contributed by atoms with Crippen molar-refractivity contribution in [2.24, 2.45) is 5.92 Å². The molecule has 0 bridgehead atoms. The molecule has 14 heavy (non-hydrogen) atoms. The second kappa shape index (κ2) is 5.81. The molecule has 0 radical (unpaired) electrons. The Labute approximate surface area is 85.9 Å². The normalized spacial score (nSPS) is 11.1. The van der Waals surface area contributed by atoms with Crippen LogP contribution in [-0.4, -0.2) is 11.5 Å². The third kappa shape index (κ3) is 3.92. The lowest BCUT2D eigenvalue weighted by Gasteiger charge is -2.00. The highest BCUT2D eigenvalue weighted by Gasteiger charge is 2.04. The molecule has 80 valence electrons. The van der Waals surface area contributed by atoms with E-state index in [0.29, 0.717) is 5.92 Å². The minimum atomic E-state index is 0.624. The molecule has 0 spiro atoms. The standard InChI is InChI=1S/C11H20N2O/c1-4-5-12-8-11-13-7-10(14-11)6-9(2)3/h7,9,12H,4-6,8H2,1-3H3. The fourth-order valence-corrected chi connectivity index (χ4v) is 1.30. The summed E-state index contributed by atoms with van der Waals surface area (Å²) < 4.78 is 5.57. The van der Waals surface area contributed by atoms with Crippen molar-refractivity contribution in [1.29, 1.82) is 0 Å². The molecule has 1 rings (SSSR count). The van der Waals surface area contributed by atoms with E-state index in [-0.39, 0.29) is 0 Å². The van der Waals surface area contributed by atoms with Gasteiger partial charge in [-0.05, 0) is 18.9 Å². The number of aromatic nitrogens is 1. The van der Waals surface area contributed by atoms with Crippen molar-refractivity contribution >= 4 is 0 Å². The molecule has 0 aliphatic heterocycles. The Morgan fingerprint density at radius 3 is 2.93 bits per heavy atom. The quantitative estimate of drug-likeness (QED) is 0.710. The summed E-state index contributed by atoms with van der Waals surface area (Å²) in [6.45, 7) is 8.26. The maximum Gasteiger partial charge on any atom is 0.208 e. The summed E-state index contributed by atoms with van der Waals surface area (Å²) in [6.07, 6.45) is 3.95. The van der Waals surface area contributed by atoms with Crippen LogP contribution in [0.2, 0.25) is 0 Å². The van der Waals surface area contributed by atoms with Crippen LogP contribution >= 0.6 is 0 Å². The SMILES string of the molecule is CCCNCc1ncc(CC(C)C)o1. The minimum absolute atomic E-state index is 0.624. The van der Waals surface area contributed by atoms with Crippen LogP contribution in [-0.2, 0) is 13.0 Å². The topological polar surface area (TPSA) is 38.1 Å². The Bertz CT molecular complexity index is 256. The lowest BCUT2D eigenvalue weighted by atomic mass is 10.1. The second-order valence-corrected chi connectivity index (χ2v) is 4.00. The number of hydrogen-bond acceptors (Lipinski definition) is 3. The molecule has 0 saturated heterocycles. The van der Waals surface area contributed by atoms with E-state index in [1.807, 2.05) is 6.20 Å². The molecule has 1 heterocycles. The van der Waals surface area contributed by atoms with E-state index in [9.17, 15) is 0 Å². The first-order chi connectivity index (χ1) is 6.72. The predicted octanol–water partition coefficient (Wildman–Crippen LogP) is 2.37. The minimum Gasteiger partial charge on any atom is -0.444 e. The van der Waals surface area contributed by atoms with Crippen molar-refractivity contribution in [3.8, 4) is 0 Å². The van der Waals surface area contributed by atoms with Crippen molar-refractivity contribution in [2.45, 2.75) is 40.2 Å². The summed E-state index contributed by atoms with van der Waals surface area (Å²) in [5, 5.41) is 3.26. The summed E-state index contributed by atoms with van der Waals surface area (Å²) in [4.78, 5) is 4.21. The van der Waals surface area contributed by atoms with Crippen LogP contribution in [0.5, 0.6) is 0 Å². The Kier molecular flexibility index (Phi) is 4.66. The van der Waals surface area contributed by atoms with Gasteiger partial charge in [-0.2, -0.15) is 0 Å². The van der Waals surface area contributed by atoms with Gasteiger partial charge in [-0.25, -0.2) is 4.98 Å². The summed E-state index contributed by atoms with van der Waals surface area (Å²) in [5.41, 5.74) is 0. The van der Waals surface area contributed by atoms with Crippen LogP contribution in [0.1, 0.15) is 38.8 Å². The third-order valence-corrected chi connectivity index (χ3v) is 1.91. The van der Waals surface area contributed by atoms with Crippen molar-refractivity contribution < 1.29 is 4.42 Å². The molecule has 1 N–H and O–H groups in total. The highest BCUT2D eigenvalue weighted by molar-refractivity contribution is 4.94. The zero-order valence-corrected chi connectivity index (χ0v) is 9.34. The Morgan fingerprint density at radius 1 is 1.50 bits per heavy atom. The van der Waals surface area contributed by atoms with E-state index in [4.69, 9.17) is 4.42 Å². The Balaban J connectivity index is 2.35. The molecule has 1 aromatic rings. The molecule has 0 unspecified atom stereocenters. The highest BCUT2D eigenvalue weighted by atomic mass is 16.4. The lowest BCUT2D eigenvalue weighted by molar-refractivity contribution is 0.418. The first kappa shape index (κ1) is 11.2. The van der Waals surface area contributed by atoms with Crippen LogP contribution in [0, 0.1) is 5.92 Å². The van der Waals surface area contributed by atoms with E-state index in [1.165, 1.54) is 0 Å². The van der Waals surface area contributed by atoms with E-state index in [0.717, 1.165) is 37.6 Å². The van der Waals surface area contributed by atoms with Crippen molar-refractivity contribution in [2.75, 3.05) is 6.54 Å². The van der Waals surface area contributed by atoms with Gasteiger partial charge in [-0.1, -0.05) is 20.8 Å². The van der Waals surface area contributed by atoms with Gasteiger partial charge in [-0.15, -0.1) is 0 Å². The fraction of sp³-hybridized carbons (Fsp3) is 0.727. The van der Waals surface area contributed by atoms with Crippen LogP contribution < -0.4 is 5.32 Å². The molecule has 0 saturated carbocycles.